The van der Waals surface area contributed by atoms with Gasteiger partial charge in [-0.25, -0.2) is 0 Å². The largest absolute Gasteiger partial charge is 0.416 e. The first-order chi connectivity index (χ1) is 20.0. The number of aromatic amines is 1. The van der Waals surface area contributed by atoms with Crippen LogP contribution in [0, 0.1) is 0 Å². The predicted molar refractivity (Wildman–Crippen MR) is 145 cm³/mol. The van der Waals surface area contributed by atoms with Crippen molar-refractivity contribution in [2.45, 2.75) is 43.7 Å². The van der Waals surface area contributed by atoms with Crippen molar-refractivity contribution in [3.63, 3.8) is 0 Å². The number of nitrogens with one attached hydrogen (secondary N) is 1. The van der Waals surface area contributed by atoms with Gasteiger partial charge in [0.2, 0.25) is 0 Å². The second-order valence-electron chi connectivity index (χ2n) is 10.7. The highest BCUT2D eigenvalue weighted by molar-refractivity contribution is 5.95. The van der Waals surface area contributed by atoms with E-state index in [1.165, 1.54) is 4.90 Å². The lowest BCUT2D eigenvalue weighted by Crippen LogP contribution is -2.59. The Hall–Kier alpha value is -4.28. The summed E-state index contributed by atoms with van der Waals surface area (Å²) in [5.74, 6) is -0.847. The van der Waals surface area contributed by atoms with E-state index >= 15 is 0 Å². The molecule has 42 heavy (non-hydrogen) atoms. The molecule has 218 valence electrons. The number of piperazine rings is 1. The molecule has 0 radical (unpaired) electrons. The monoisotopic (exact) mass is 584 g/mol. The number of H-pyrrole nitrogens is 1. The maximum atomic E-state index is 13.9. The van der Waals surface area contributed by atoms with E-state index in [1.54, 1.807) is 12.4 Å². The van der Waals surface area contributed by atoms with Gasteiger partial charge in [-0.15, -0.1) is 0 Å². The maximum absolute atomic E-state index is 13.9. The molecular formula is C31H26F6N4O. The Balaban J connectivity index is 1.38. The maximum Gasteiger partial charge on any atom is 0.416 e. The fourth-order valence-electron chi connectivity index (χ4n) is 5.98. The number of fused-ring (bicyclic) bond motifs is 2. The Labute approximate surface area is 237 Å². The van der Waals surface area contributed by atoms with Crippen molar-refractivity contribution in [2.75, 3.05) is 13.1 Å². The van der Waals surface area contributed by atoms with Gasteiger partial charge in [0, 0.05) is 60.4 Å². The molecule has 2 aromatic heterocycles. The summed E-state index contributed by atoms with van der Waals surface area (Å²) in [6, 6.07) is 11.9. The molecule has 2 unspecified atom stereocenters. The van der Waals surface area contributed by atoms with Crippen molar-refractivity contribution in [2.24, 2.45) is 0 Å². The number of benzene rings is 2. The van der Waals surface area contributed by atoms with Gasteiger partial charge >= 0.3 is 12.4 Å². The number of amides is 1. The molecule has 11 heteroatoms. The Morgan fingerprint density at radius 3 is 2.31 bits per heavy atom. The van der Waals surface area contributed by atoms with E-state index in [9.17, 15) is 31.1 Å². The number of para-hydroxylation sites is 1. The highest BCUT2D eigenvalue weighted by atomic mass is 19.4. The number of hydrogen-bond acceptors (Lipinski definition) is 3. The van der Waals surface area contributed by atoms with E-state index in [2.05, 4.69) is 21.1 Å². The van der Waals surface area contributed by atoms with E-state index < -0.39 is 41.0 Å². The molecule has 0 spiro atoms. The summed E-state index contributed by atoms with van der Waals surface area (Å²) >= 11 is 0. The van der Waals surface area contributed by atoms with Crippen molar-refractivity contribution in [3.8, 4) is 0 Å². The molecule has 0 bridgehead atoms. The van der Waals surface area contributed by atoms with Gasteiger partial charge in [-0.05, 0) is 72.4 Å². The number of aromatic nitrogens is 2. The summed E-state index contributed by atoms with van der Waals surface area (Å²) in [6.07, 6.45) is -1.03. The van der Waals surface area contributed by atoms with Crippen molar-refractivity contribution in [1.82, 2.24) is 19.8 Å². The fraction of sp³-hybridized carbons (Fsp3) is 0.290. The zero-order valence-electron chi connectivity index (χ0n) is 22.2. The molecule has 0 saturated carbocycles. The number of carbonyl (C=O) groups excluding carboxylic acids is 1. The molecule has 0 aliphatic carbocycles. The highest BCUT2D eigenvalue weighted by Gasteiger charge is 2.41. The molecule has 1 amide bonds. The first-order valence-corrected chi connectivity index (χ1v) is 13.5. The first-order valence-electron chi connectivity index (χ1n) is 13.5. The normalized spacial score (nSPS) is 19.5. The average molecular weight is 585 g/mol. The molecule has 4 heterocycles. The molecule has 1 N–H and O–H groups in total. The van der Waals surface area contributed by atoms with Gasteiger partial charge < -0.3 is 14.8 Å². The van der Waals surface area contributed by atoms with Crippen LogP contribution in [0.15, 0.2) is 79.4 Å². The zero-order valence-corrected chi connectivity index (χ0v) is 22.2. The second-order valence-corrected chi connectivity index (χ2v) is 10.7. The molecule has 1 saturated heterocycles. The van der Waals surface area contributed by atoms with Crippen LogP contribution < -0.4 is 0 Å². The minimum Gasteiger partial charge on any atom is -0.370 e. The number of rotatable bonds is 4. The molecule has 2 atom stereocenters. The minimum absolute atomic E-state index is 0.0463. The summed E-state index contributed by atoms with van der Waals surface area (Å²) in [5.41, 5.74) is 0.293. The topological polar surface area (TPSA) is 52.2 Å². The van der Waals surface area contributed by atoms with Crippen LogP contribution in [-0.4, -0.2) is 50.8 Å². The first kappa shape index (κ1) is 27.9. The molecular weight excluding hydrogens is 558 g/mol. The summed E-state index contributed by atoms with van der Waals surface area (Å²) < 4.78 is 81.6. The molecule has 2 aliphatic rings. The SMILES string of the molecule is O=C(c1cc(C(F)(F)F)cc(C(F)(F)F)c1)N1CC2CCC(c3ccncc3)=CN2CC1Cc1c[nH]c2ccccc12. The minimum atomic E-state index is -5.05. The summed E-state index contributed by atoms with van der Waals surface area (Å²) in [7, 11) is 0. The second kappa shape index (κ2) is 10.5. The number of allylic oxidation sites excluding steroid dienone is 1. The van der Waals surface area contributed by atoms with Crippen molar-refractivity contribution in [3.05, 3.63) is 107 Å². The smallest absolute Gasteiger partial charge is 0.370 e. The Kier molecular flexibility index (Phi) is 6.98. The fourth-order valence-corrected chi connectivity index (χ4v) is 5.98. The van der Waals surface area contributed by atoms with Gasteiger partial charge in [0.15, 0.2) is 0 Å². The molecule has 2 aromatic carbocycles. The lowest BCUT2D eigenvalue weighted by Gasteiger charge is -2.48. The number of carbonyl (C=O) groups is 1. The van der Waals surface area contributed by atoms with Gasteiger partial charge in [0.1, 0.15) is 0 Å². The van der Waals surface area contributed by atoms with Crippen molar-refractivity contribution in [1.29, 1.82) is 0 Å². The van der Waals surface area contributed by atoms with Crippen molar-refractivity contribution >= 4 is 22.4 Å². The van der Waals surface area contributed by atoms with Crippen LogP contribution in [0.4, 0.5) is 26.3 Å². The molecule has 1 fully saturated rings. The third kappa shape index (κ3) is 5.47. The predicted octanol–water partition coefficient (Wildman–Crippen LogP) is 7.17. The Bertz CT molecular complexity index is 1610. The van der Waals surface area contributed by atoms with Gasteiger partial charge in [-0.1, -0.05) is 18.2 Å². The summed E-state index contributed by atoms with van der Waals surface area (Å²) in [6.45, 7) is 0.541. The lowest BCUT2D eigenvalue weighted by molar-refractivity contribution is -0.143. The summed E-state index contributed by atoms with van der Waals surface area (Å²) in [4.78, 5) is 24.7. The van der Waals surface area contributed by atoms with E-state index in [-0.39, 0.29) is 18.7 Å². The number of hydrogen-bond donors (Lipinski definition) is 1. The molecule has 5 nitrogen and oxygen atoms in total. The van der Waals surface area contributed by atoms with Gasteiger partial charge in [0.25, 0.3) is 5.91 Å². The van der Waals surface area contributed by atoms with E-state index in [0.29, 0.717) is 37.9 Å². The van der Waals surface area contributed by atoms with Crippen LogP contribution in [0.5, 0.6) is 0 Å². The van der Waals surface area contributed by atoms with Crippen LogP contribution in [0.1, 0.15) is 45.5 Å². The van der Waals surface area contributed by atoms with Crippen LogP contribution in [0.25, 0.3) is 16.5 Å². The van der Waals surface area contributed by atoms with Gasteiger partial charge in [-0.3, -0.25) is 9.78 Å². The van der Waals surface area contributed by atoms with E-state index in [4.69, 9.17) is 0 Å². The van der Waals surface area contributed by atoms with Crippen LogP contribution >= 0.6 is 0 Å². The third-order valence-corrected chi connectivity index (χ3v) is 8.08. The number of nitrogens with zero attached hydrogens (tertiary/aromatic N) is 3. The van der Waals surface area contributed by atoms with E-state index in [1.807, 2.05) is 42.6 Å². The molecule has 2 aliphatic heterocycles. The average Bonchev–Trinajstić information content (AvgIpc) is 3.38. The van der Waals surface area contributed by atoms with Crippen LogP contribution in [-0.2, 0) is 18.8 Å². The summed E-state index contributed by atoms with van der Waals surface area (Å²) in [5, 5.41) is 0.942. The van der Waals surface area contributed by atoms with Crippen molar-refractivity contribution < 1.29 is 31.1 Å². The standard InChI is InChI=1S/C31H26F6N4O/c32-30(33,34)23-11-21(12-24(14-23)31(35,36)37)29(42)41-18-25-6-5-20(19-7-9-38-10-8-19)16-40(25)17-26(41)13-22-15-39-28-4-2-1-3-27(22)28/h1-4,7-12,14-16,25-26,39H,5-6,13,17-18H2. The van der Waals surface area contributed by atoms with Gasteiger partial charge in [0.05, 0.1) is 17.2 Å². The third-order valence-electron chi connectivity index (χ3n) is 8.08. The van der Waals surface area contributed by atoms with Crippen LogP contribution in [0.2, 0.25) is 0 Å². The highest BCUT2D eigenvalue weighted by Crippen LogP contribution is 2.38. The molecule has 4 aromatic rings. The molecule has 6 rings (SSSR count). The number of halogens is 6. The van der Waals surface area contributed by atoms with Gasteiger partial charge in [-0.2, -0.15) is 26.3 Å². The Morgan fingerprint density at radius 1 is 0.929 bits per heavy atom. The van der Waals surface area contributed by atoms with Crippen LogP contribution in [0.3, 0.4) is 0 Å². The quantitative estimate of drug-likeness (QED) is 0.259. The Morgan fingerprint density at radius 2 is 1.62 bits per heavy atom. The van der Waals surface area contributed by atoms with E-state index in [0.717, 1.165) is 27.6 Å². The number of alkyl halides is 6. The lowest BCUT2D eigenvalue weighted by atomic mass is 9.90. The zero-order chi connectivity index (χ0) is 29.6. The number of pyridine rings is 1.